The van der Waals surface area contributed by atoms with Gasteiger partial charge in [-0.3, -0.25) is 4.68 Å². The lowest BCUT2D eigenvalue weighted by Crippen LogP contribution is -2.11. The van der Waals surface area contributed by atoms with Crippen LogP contribution in [0.4, 0.5) is 17.6 Å². The lowest BCUT2D eigenvalue weighted by molar-refractivity contribution is -0.141. The Balaban J connectivity index is 1.78. The third-order valence-corrected chi connectivity index (χ3v) is 5.33. The average Bonchev–Trinajstić information content (AvgIpc) is 3.29. The van der Waals surface area contributed by atoms with Crippen LogP contribution in [0.5, 0.6) is 0 Å². The fourth-order valence-corrected chi connectivity index (χ4v) is 3.87. The van der Waals surface area contributed by atoms with Crippen molar-refractivity contribution in [3.63, 3.8) is 0 Å². The van der Waals surface area contributed by atoms with E-state index in [-0.39, 0.29) is 17.7 Å². The minimum atomic E-state index is -4.70. The van der Waals surface area contributed by atoms with Gasteiger partial charge in [0.15, 0.2) is 5.69 Å². The first kappa shape index (κ1) is 19.1. The van der Waals surface area contributed by atoms with E-state index in [1.54, 1.807) is 18.2 Å². The molecule has 0 saturated carbocycles. The van der Waals surface area contributed by atoms with Crippen LogP contribution in [0.1, 0.15) is 21.6 Å². The van der Waals surface area contributed by atoms with Gasteiger partial charge < -0.3 is 5.11 Å². The second-order valence-electron chi connectivity index (χ2n) is 6.34. The third-order valence-electron chi connectivity index (χ3n) is 4.44. The molecule has 0 bridgehead atoms. The number of hydrogen-bond acceptors (Lipinski definition) is 3. The highest BCUT2D eigenvalue weighted by Crippen LogP contribution is 2.37. The van der Waals surface area contributed by atoms with Crippen molar-refractivity contribution in [1.82, 2.24) is 9.78 Å². The Hall–Kier alpha value is -3.20. The Kier molecular flexibility index (Phi) is 4.62. The van der Waals surface area contributed by atoms with Crippen LogP contribution in [0, 0.1) is 5.82 Å². The maximum absolute atomic E-state index is 14.4. The summed E-state index contributed by atoms with van der Waals surface area (Å²) in [5.74, 6) is -2.45. The molecule has 0 fully saturated rings. The number of alkyl halides is 3. The highest BCUT2D eigenvalue weighted by molar-refractivity contribution is 7.17. The molecular formula is C20H12F4N2O2S. The van der Waals surface area contributed by atoms with Crippen molar-refractivity contribution in [3.05, 3.63) is 76.7 Å². The predicted octanol–water partition coefficient (Wildman–Crippen LogP) is 5.67. The van der Waals surface area contributed by atoms with Gasteiger partial charge in [0.1, 0.15) is 5.82 Å². The summed E-state index contributed by atoms with van der Waals surface area (Å²) in [6.45, 7) is -0.337. The summed E-state index contributed by atoms with van der Waals surface area (Å²) in [7, 11) is 0. The Bertz CT molecular complexity index is 1230. The number of carboxylic acid groups (broad SMARTS) is 1. The van der Waals surface area contributed by atoms with Gasteiger partial charge in [0.2, 0.25) is 0 Å². The minimum Gasteiger partial charge on any atom is -0.478 e. The summed E-state index contributed by atoms with van der Waals surface area (Å²) in [5, 5.41) is 15.3. The monoisotopic (exact) mass is 420 g/mol. The maximum atomic E-state index is 14.4. The van der Waals surface area contributed by atoms with Crippen molar-refractivity contribution in [2.75, 3.05) is 0 Å². The number of hydrogen-bond donors (Lipinski definition) is 1. The van der Waals surface area contributed by atoms with Crippen molar-refractivity contribution in [2.24, 2.45) is 0 Å². The molecule has 2 aromatic heterocycles. The molecule has 0 aliphatic carbocycles. The Morgan fingerprint density at radius 3 is 2.69 bits per heavy atom. The van der Waals surface area contributed by atoms with Gasteiger partial charge in [0.05, 0.1) is 12.1 Å². The summed E-state index contributed by atoms with van der Waals surface area (Å²) in [4.78, 5) is 11.1. The summed E-state index contributed by atoms with van der Waals surface area (Å²) in [6.07, 6.45) is -3.51. The number of nitrogens with zero attached hydrogens (tertiary/aromatic N) is 2. The number of aromatic nitrogens is 2. The van der Waals surface area contributed by atoms with Crippen LogP contribution in [-0.2, 0) is 12.7 Å². The zero-order valence-electron chi connectivity index (χ0n) is 14.6. The smallest absolute Gasteiger partial charge is 0.435 e. The SMILES string of the molecule is O=C(O)c1cccc(Cn2cc(-c3ccc4sccc4c3)c(C(F)(F)F)n2)c1F. The normalized spacial score (nSPS) is 11.9. The van der Waals surface area contributed by atoms with Crippen molar-refractivity contribution < 1.29 is 27.5 Å². The van der Waals surface area contributed by atoms with Crippen LogP contribution in [0.3, 0.4) is 0 Å². The van der Waals surface area contributed by atoms with E-state index in [0.717, 1.165) is 20.8 Å². The summed E-state index contributed by atoms with van der Waals surface area (Å²) in [6, 6.07) is 10.5. The molecule has 0 unspecified atom stereocenters. The first-order valence-corrected chi connectivity index (χ1v) is 9.25. The molecule has 0 spiro atoms. The number of carboxylic acids is 1. The maximum Gasteiger partial charge on any atom is 0.435 e. The van der Waals surface area contributed by atoms with Crippen molar-refractivity contribution >= 4 is 27.4 Å². The molecule has 2 heterocycles. The molecule has 0 aliphatic rings. The molecule has 29 heavy (non-hydrogen) atoms. The average molecular weight is 420 g/mol. The topological polar surface area (TPSA) is 55.1 Å². The van der Waals surface area contributed by atoms with Gasteiger partial charge in [0, 0.05) is 22.0 Å². The summed E-state index contributed by atoms with van der Waals surface area (Å²) < 4.78 is 57.0. The molecule has 148 valence electrons. The standard InChI is InChI=1S/C20H12F4N2O2S/c21-17-13(2-1-3-14(17)19(27)28)9-26-10-15(18(25-26)20(22,23)24)11-4-5-16-12(8-11)6-7-29-16/h1-8,10H,9H2,(H,27,28). The predicted molar refractivity (Wildman–Crippen MR) is 101 cm³/mol. The van der Waals surface area contributed by atoms with Crippen LogP contribution in [0.2, 0.25) is 0 Å². The third kappa shape index (κ3) is 3.61. The van der Waals surface area contributed by atoms with Gasteiger partial charge in [-0.15, -0.1) is 11.3 Å². The van der Waals surface area contributed by atoms with Gasteiger partial charge in [-0.1, -0.05) is 18.2 Å². The molecule has 1 N–H and O–H groups in total. The minimum absolute atomic E-state index is 0.0686. The lowest BCUT2D eigenvalue weighted by Gasteiger charge is -2.06. The molecule has 0 atom stereocenters. The Morgan fingerprint density at radius 1 is 1.17 bits per heavy atom. The number of rotatable bonds is 4. The molecule has 4 aromatic rings. The molecule has 9 heteroatoms. The van der Waals surface area contributed by atoms with E-state index < -0.39 is 29.2 Å². The first-order chi connectivity index (χ1) is 13.7. The fourth-order valence-electron chi connectivity index (χ4n) is 3.10. The van der Waals surface area contributed by atoms with Crippen LogP contribution in [-0.4, -0.2) is 20.9 Å². The highest BCUT2D eigenvalue weighted by Gasteiger charge is 2.37. The molecule has 4 rings (SSSR count). The van der Waals surface area contributed by atoms with Gasteiger partial charge in [0.25, 0.3) is 0 Å². The van der Waals surface area contributed by atoms with E-state index in [0.29, 0.717) is 5.56 Å². The Morgan fingerprint density at radius 2 is 1.97 bits per heavy atom. The van der Waals surface area contributed by atoms with Crippen molar-refractivity contribution in [3.8, 4) is 11.1 Å². The zero-order chi connectivity index (χ0) is 20.8. The molecule has 0 radical (unpaired) electrons. The second-order valence-corrected chi connectivity index (χ2v) is 7.29. The molecule has 0 amide bonds. The number of benzene rings is 2. The fraction of sp³-hybridized carbons (Fsp3) is 0.100. The summed E-state index contributed by atoms with van der Waals surface area (Å²) in [5.41, 5.74) is -1.48. The van der Waals surface area contributed by atoms with Crippen LogP contribution in [0.15, 0.2) is 54.0 Å². The van der Waals surface area contributed by atoms with E-state index in [1.165, 1.54) is 29.7 Å². The number of halogens is 4. The summed E-state index contributed by atoms with van der Waals surface area (Å²) >= 11 is 1.48. The first-order valence-electron chi connectivity index (χ1n) is 8.37. The Labute approximate surface area is 165 Å². The van der Waals surface area contributed by atoms with Crippen LogP contribution >= 0.6 is 11.3 Å². The molecule has 2 aromatic carbocycles. The second kappa shape index (κ2) is 7.00. The zero-order valence-corrected chi connectivity index (χ0v) is 15.4. The highest BCUT2D eigenvalue weighted by atomic mass is 32.1. The number of aromatic carboxylic acids is 1. The van der Waals surface area contributed by atoms with Crippen molar-refractivity contribution in [2.45, 2.75) is 12.7 Å². The quantitative estimate of drug-likeness (QED) is 0.433. The van der Waals surface area contributed by atoms with Crippen molar-refractivity contribution in [1.29, 1.82) is 0 Å². The van der Waals surface area contributed by atoms with E-state index in [9.17, 15) is 22.4 Å². The van der Waals surface area contributed by atoms with Gasteiger partial charge >= 0.3 is 12.1 Å². The largest absolute Gasteiger partial charge is 0.478 e. The van der Waals surface area contributed by atoms with Crippen LogP contribution < -0.4 is 0 Å². The van der Waals surface area contributed by atoms with E-state index in [2.05, 4.69) is 5.10 Å². The van der Waals surface area contributed by atoms with Gasteiger partial charge in [-0.2, -0.15) is 18.3 Å². The van der Waals surface area contributed by atoms with E-state index >= 15 is 0 Å². The van der Waals surface area contributed by atoms with Gasteiger partial charge in [-0.05, 0) is 40.6 Å². The molecule has 0 saturated heterocycles. The number of thiophene rings is 1. The number of carbonyl (C=O) groups is 1. The van der Waals surface area contributed by atoms with E-state index in [4.69, 9.17) is 5.11 Å². The lowest BCUT2D eigenvalue weighted by atomic mass is 10.0. The number of fused-ring (bicyclic) bond motifs is 1. The molecule has 4 nitrogen and oxygen atoms in total. The van der Waals surface area contributed by atoms with Gasteiger partial charge in [-0.25, -0.2) is 9.18 Å². The van der Waals surface area contributed by atoms with Crippen LogP contribution in [0.25, 0.3) is 21.2 Å². The molecular weight excluding hydrogens is 408 g/mol. The van der Waals surface area contributed by atoms with E-state index in [1.807, 2.05) is 11.4 Å². The molecule has 0 aliphatic heterocycles.